The highest BCUT2D eigenvalue weighted by Crippen LogP contribution is 1.66. The second-order valence-corrected chi connectivity index (χ2v) is 1.13. The van der Waals surface area contributed by atoms with Crippen molar-refractivity contribution < 1.29 is 0 Å². The van der Waals surface area contributed by atoms with Gasteiger partial charge in [-0.25, -0.2) is 0 Å². The van der Waals surface area contributed by atoms with Gasteiger partial charge in [-0.2, -0.15) is 5.10 Å². The van der Waals surface area contributed by atoms with E-state index in [1.54, 1.807) is 18.5 Å². The summed E-state index contributed by atoms with van der Waals surface area (Å²) in [5.41, 5.74) is 2.51. The van der Waals surface area contributed by atoms with Crippen LogP contribution in [0.3, 0.4) is 0 Å². The van der Waals surface area contributed by atoms with Crippen molar-refractivity contribution in [3.05, 3.63) is 25.1 Å². The van der Waals surface area contributed by atoms with Gasteiger partial charge in [0.15, 0.2) is 0 Å². The lowest BCUT2D eigenvalue weighted by Crippen LogP contribution is -1.89. The van der Waals surface area contributed by atoms with Gasteiger partial charge in [-0.3, -0.25) is 10.4 Å². The summed E-state index contributed by atoms with van der Waals surface area (Å²) in [7, 11) is 0. The smallest absolute Gasteiger partial charge is 0.0282 e. The zero-order valence-corrected chi connectivity index (χ0v) is 5.12. The topological polar surface area (TPSA) is 36.8 Å². The summed E-state index contributed by atoms with van der Waals surface area (Å²) in [6, 6.07) is 0. The maximum absolute atomic E-state index is 3.69. The van der Waals surface area contributed by atoms with Gasteiger partial charge in [0.2, 0.25) is 0 Å². The molecule has 0 aromatic heterocycles. The molecule has 0 unspecified atom stereocenters. The molecule has 0 aliphatic heterocycles. The maximum Gasteiger partial charge on any atom is 0.0282 e. The third-order valence-corrected chi connectivity index (χ3v) is 0.540. The van der Waals surface area contributed by atoms with E-state index in [4.69, 9.17) is 0 Å². The van der Waals surface area contributed by atoms with Gasteiger partial charge in [0.1, 0.15) is 0 Å². The first-order valence-electron chi connectivity index (χ1n) is 2.42. The molecule has 0 heterocycles. The molecule has 1 N–H and O–H groups in total. The Balaban J connectivity index is 3.33. The van der Waals surface area contributed by atoms with Crippen LogP contribution in [0.15, 0.2) is 35.1 Å². The van der Waals surface area contributed by atoms with E-state index in [0.29, 0.717) is 0 Å². The van der Waals surface area contributed by atoms with Crippen LogP contribution >= 0.6 is 0 Å². The quantitative estimate of drug-likeness (QED) is 0.438. The van der Waals surface area contributed by atoms with Crippen LogP contribution in [-0.2, 0) is 0 Å². The van der Waals surface area contributed by atoms with Gasteiger partial charge < -0.3 is 0 Å². The summed E-state index contributed by atoms with van der Waals surface area (Å²) in [6.45, 7) is 6.59. The molecule has 0 saturated carbocycles. The van der Waals surface area contributed by atoms with Crippen molar-refractivity contribution in [3.8, 4) is 0 Å². The molecule has 0 aliphatic rings. The second-order valence-electron chi connectivity index (χ2n) is 1.13. The van der Waals surface area contributed by atoms with E-state index in [2.05, 4.69) is 28.8 Å². The fraction of sp³-hybridized carbons (Fsp3) is 0. The second kappa shape index (κ2) is 6.62. The monoisotopic (exact) mass is 123 g/mol. The van der Waals surface area contributed by atoms with Crippen LogP contribution in [0.2, 0.25) is 0 Å². The zero-order chi connectivity index (χ0) is 6.95. The Morgan fingerprint density at radius 2 is 2.22 bits per heavy atom. The lowest BCUT2D eigenvalue weighted by Gasteiger charge is -1.80. The lowest BCUT2D eigenvalue weighted by atomic mass is 10.7. The largest absolute Gasteiger partial charge is 0.286 e. The van der Waals surface area contributed by atoms with E-state index < -0.39 is 0 Å². The van der Waals surface area contributed by atoms with Crippen LogP contribution < -0.4 is 5.43 Å². The van der Waals surface area contributed by atoms with E-state index in [0.717, 1.165) is 0 Å². The summed E-state index contributed by atoms with van der Waals surface area (Å²) in [6.07, 6.45) is 6.34. The fourth-order valence-corrected chi connectivity index (χ4v) is 0.249. The van der Waals surface area contributed by atoms with Gasteiger partial charge in [0, 0.05) is 25.3 Å². The Kier molecular flexibility index (Phi) is 5.60. The fourth-order valence-electron chi connectivity index (χ4n) is 0.249. The highest BCUT2D eigenvalue weighted by atomic mass is 15.3. The average molecular weight is 123 g/mol. The predicted octanol–water partition coefficient (Wildman–Crippen LogP) is 0.920. The molecule has 3 heteroatoms. The van der Waals surface area contributed by atoms with Crippen molar-refractivity contribution in [2.24, 2.45) is 10.1 Å². The molecule has 0 fully saturated rings. The van der Waals surface area contributed by atoms with Gasteiger partial charge in [-0.05, 0) is 6.08 Å². The zero-order valence-electron chi connectivity index (χ0n) is 5.12. The minimum absolute atomic E-state index is 1.45. The Morgan fingerprint density at radius 3 is 2.78 bits per heavy atom. The highest BCUT2D eigenvalue weighted by molar-refractivity contribution is 5.71. The molecule has 0 radical (unpaired) electrons. The number of hydrazone groups is 1. The normalized spacial score (nSPS) is 10.2. The minimum atomic E-state index is 1.45. The number of rotatable bonds is 4. The van der Waals surface area contributed by atoms with E-state index in [9.17, 15) is 0 Å². The molecule has 0 bridgehead atoms. The summed E-state index contributed by atoms with van der Waals surface area (Å²) in [5.74, 6) is 0. The van der Waals surface area contributed by atoms with Crippen molar-refractivity contribution in [3.63, 3.8) is 0 Å². The number of allylic oxidation sites excluding steroid dienone is 1. The standard InChI is InChI=1S/C6H9N3/c1-3-8-5-4-6-9-7-2/h3-6,9H,1-2H2/b6-4-,8-5?. The first kappa shape index (κ1) is 7.62. The van der Waals surface area contributed by atoms with Gasteiger partial charge in [-0.1, -0.05) is 6.58 Å². The molecule has 3 nitrogen and oxygen atoms in total. The molecule has 0 spiro atoms. The van der Waals surface area contributed by atoms with Gasteiger partial charge in [0.25, 0.3) is 0 Å². The molecule has 0 aromatic carbocycles. The van der Waals surface area contributed by atoms with Gasteiger partial charge in [-0.15, -0.1) is 0 Å². The van der Waals surface area contributed by atoms with Crippen molar-refractivity contribution in [1.29, 1.82) is 0 Å². The number of hydrogen-bond acceptors (Lipinski definition) is 3. The molecule has 0 aromatic rings. The molecular weight excluding hydrogens is 114 g/mol. The van der Waals surface area contributed by atoms with Crippen LogP contribution in [0.25, 0.3) is 0 Å². The Bertz CT molecular complexity index is 135. The number of nitrogens with zero attached hydrogens (tertiary/aromatic N) is 2. The summed E-state index contributed by atoms with van der Waals surface area (Å²) < 4.78 is 0. The summed E-state index contributed by atoms with van der Waals surface area (Å²) >= 11 is 0. The molecule has 0 atom stereocenters. The molecule has 0 amide bonds. The van der Waals surface area contributed by atoms with Crippen LogP contribution in [0.5, 0.6) is 0 Å². The first-order valence-corrected chi connectivity index (χ1v) is 2.42. The van der Waals surface area contributed by atoms with Gasteiger partial charge in [0.05, 0.1) is 0 Å². The van der Waals surface area contributed by atoms with Crippen molar-refractivity contribution in [2.75, 3.05) is 0 Å². The van der Waals surface area contributed by atoms with Crippen molar-refractivity contribution in [1.82, 2.24) is 5.43 Å². The lowest BCUT2D eigenvalue weighted by molar-refractivity contribution is 0.983. The minimum Gasteiger partial charge on any atom is -0.286 e. The Morgan fingerprint density at radius 1 is 1.44 bits per heavy atom. The van der Waals surface area contributed by atoms with Crippen LogP contribution in [0.1, 0.15) is 0 Å². The Hall–Kier alpha value is -1.38. The van der Waals surface area contributed by atoms with E-state index >= 15 is 0 Å². The highest BCUT2D eigenvalue weighted by Gasteiger charge is 1.59. The molecule has 9 heavy (non-hydrogen) atoms. The third-order valence-electron chi connectivity index (χ3n) is 0.540. The molecule has 0 rings (SSSR count). The van der Waals surface area contributed by atoms with E-state index in [1.807, 2.05) is 0 Å². The molecule has 0 aliphatic carbocycles. The van der Waals surface area contributed by atoms with E-state index in [-0.39, 0.29) is 0 Å². The molecule has 48 valence electrons. The van der Waals surface area contributed by atoms with Crippen molar-refractivity contribution in [2.45, 2.75) is 0 Å². The molecular formula is C6H9N3. The average Bonchev–Trinajstić information content (AvgIpc) is 1.89. The van der Waals surface area contributed by atoms with Gasteiger partial charge >= 0.3 is 0 Å². The molecule has 0 saturated heterocycles. The number of nitrogens with one attached hydrogen (secondary N) is 1. The SMILES string of the molecule is C=CN=C/C=C\NN=C. The van der Waals surface area contributed by atoms with Crippen LogP contribution in [0.4, 0.5) is 0 Å². The third kappa shape index (κ3) is 6.62. The number of aliphatic imine (C=N–C) groups is 1. The number of hydrogen-bond donors (Lipinski definition) is 1. The maximum atomic E-state index is 3.69. The van der Waals surface area contributed by atoms with E-state index in [1.165, 1.54) is 6.20 Å². The summed E-state index contributed by atoms with van der Waals surface area (Å²) in [5, 5.41) is 3.36. The predicted molar refractivity (Wildman–Crippen MR) is 40.5 cm³/mol. The summed E-state index contributed by atoms with van der Waals surface area (Å²) in [4.78, 5) is 3.69. The van der Waals surface area contributed by atoms with Crippen molar-refractivity contribution >= 4 is 12.9 Å². The Labute approximate surface area is 54.5 Å². The first-order chi connectivity index (χ1) is 4.41. The van der Waals surface area contributed by atoms with Crippen LogP contribution in [0, 0.1) is 0 Å². The van der Waals surface area contributed by atoms with Crippen LogP contribution in [-0.4, -0.2) is 12.9 Å².